The summed E-state index contributed by atoms with van der Waals surface area (Å²) in [7, 11) is -3.64. The molecule has 0 fully saturated rings. The Bertz CT molecular complexity index is 1430. The van der Waals surface area contributed by atoms with Crippen LogP contribution >= 0.6 is 0 Å². The van der Waals surface area contributed by atoms with Crippen molar-refractivity contribution in [3.8, 4) is 11.1 Å². The Hall–Kier alpha value is -3.12. The van der Waals surface area contributed by atoms with E-state index in [1.165, 1.54) is 46.5 Å². The molecule has 5 rings (SSSR count). The zero-order valence-electron chi connectivity index (χ0n) is 18.4. The smallest absolute Gasteiger partial charge is 0.223 e. The highest BCUT2D eigenvalue weighted by Crippen LogP contribution is 2.41. The van der Waals surface area contributed by atoms with E-state index in [2.05, 4.69) is 12.1 Å². The lowest BCUT2D eigenvalue weighted by Gasteiger charge is -2.27. The minimum atomic E-state index is -4.44. The van der Waals surface area contributed by atoms with Crippen molar-refractivity contribution in [3.05, 3.63) is 106 Å². The number of halogens is 3. The molecule has 2 nitrogen and oxygen atoms in total. The summed E-state index contributed by atoms with van der Waals surface area (Å²) in [6.07, 6.45) is 3.47. The van der Waals surface area contributed by atoms with Crippen LogP contribution < -0.4 is 0 Å². The van der Waals surface area contributed by atoms with Crippen molar-refractivity contribution < 1.29 is 21.6 Å². The summed E-state index contributed by atoms with van der Waals surface area (Å²) in [5.41, 5.74) is 6.37. The van der Waals surface area contributed by atoms with E-state index in [4.69, 9.17) is 0 Å². The van der Waals surface area contributed by atoms with E-state index in [0.717, 1.165) is 42.5 Å². The first-order valence-electron chi connectivity index (χ1n) is 11.2. The Kier molecular flexibility index (Phi) is 5.72. The van der Waals surface area contributed by atoms with Crippen LogP contribution in [0, 0.1) is 0 Å². The molecular weight excluding hydrogens is 457 g/mol. The number of hydrogen-bond acceptors (Lipinski definition) is 2. The van der Waals surface area contributed by atoms with Gasteiger partial charge in [-0.3, -0.25) is 0 Å². The van der Waals surface area contributed by atoms with Gasteiger partial charge in [0.2, 0.25) is 0 Å². The van der Waals surface area contributed by atoms with Gasteiger partial charge >= 0.3 is 6.18 Å². The fourth-order valence-corrected chi connectivity index (χ4v) is 6.41. The average molecular weight is 481 g/mol. The van der Waals surface area contributed by atoms with Crippen molar-refractivity contribution in [2.24, 2.45) is 0 Å². The Balaban J connectivity index is 1.43. The zero-order valence-corrected chi connectivity index (χ0v) is 19.2. The van der Waals surface area contributed by atoms with Crippen LogP contribution in [0.1, 0.15) is 39.8 Å². The molecule has 0 aliphatic heterocycles. The maximum absolute atomic E-state index is 13.2. The van der Waals surface area contributed by atoms with Gasteiger partial charge in [0.05, 0.1) is 16.2 Å². The van der Waals surface area contributed by atoms with Crippen LogP contribution in [0.25, 0.3) is 22.1 Å². The third kappa shape index (κ3) is 4.23. The normalized spacial score (nSPS) is 15.4. The van der Waals surface area contributed by atoms with Gasteiger partial charge in [-0.1, -0.05) is 66.8 Å². The van der Waals surface area contributed by atoms with Crippen molar-refractivity contribution in [2.75, 3.05) is 5.75 Å². The molecule has 2 aliphatic carbocycles. The maximum atomic E-state index is 13.2. The number of rotatable bonds is 4. The molecule has 0 N–H and O–H groups in total. The minimum absolute atomic E-state index is 0.269. The number of benzene rings is 3. The van der Waals surface area contributed by atoms with E-state index in [-0.39, 0.29) is 5.75 Å². The van der Waals surface area contributed by atoms with Gasteiger partial charge in [-0.05, 0) is 76.8 Å². The Morgan fingerprint density at radius 2 is 1.59 bits per heavy atom. The average Bonchev–Trinajstić information content (AvgIpc) is 2.82. The zero-order chi connectivity index (χ0) is 23.9. The third-order valence-corrected chi connectivity index (χ3v) is 8.24. The van der Waals surface area contributed by atoms with E-state index in [9.17, 15) is 21.6 Å². The molecule has 0 spiro atoms. The largest absolute Gasteiger partial charge is 0.416 e. The summed E-state index contributed by atoms with van der Waals surface area (Å²) in [5, 5.41) is 0. The van der Waals surface area contributed by atoms with Crippen molar-refractivity contribution in [1.82, 2.24) is 0 Å². The summed E-state index contributed by atoms with van der Waals surface area (Å²) in [4.78, 5) is 0.323. The van der Waals surface area contributed by atoms with Crippen molar-refractivity contribution in [2.45, 2.75) is 31.9 Å². The molecule has 0 unspecified atom stereocenters. The van der Waals surface area contributed by atoms with E-state index >= 15 is 0 Å². The Morgan fingerprint density at radius 3 is 2.41 bits per heavy atom. The summed E-state index contributed by atoms with van der Waals surface area (Å²) in [6, 6.07) is 17.1. The number of aryl methyl sites for hydroxylation is 1. The van der Waals surface area contributed by atoms with Crippen molar-refractivity contribution in [3.63, 3.8) is 0 Å². The van der Waals surface area contributed by atoms with Gasteiger partial charge in [0.1, 0.15) is 0 Å². The first-order valence-corrected chi connectivity index (χ1v) is 12.9. The molecule has 2 aliphatic rings. The standard InChI is InChI=1S/C28H23F3O2S/c29-28(30,31)21-9-3-6-19(18-21)7-5-17-34(32,33)27-12-4-11-23-25-14-13-20-8-1-2-10-22(20)24(25)15-16-26(23)27/h1-3,5-10,12,15-16,18H,4,11,13-14,17H2. The second kappa shape index (κ2) is 8.58. The molecule has 0 bridgehead atoms. The molecule has 0 radical (unpaired) electrons. The molecule has 0 saturated heterocycles. The molecule has 34 heavy (non-hydrogen) atoms. The fraction of sp³-hybridized carbons (Fsp3) is 0.214. The predicted octanol–water partition coefficient (Wildman–Crippen LogP) is 6.89. The highest BCUT2D eigenvalue weighted by molar-refractivity contribution is 8.00. The Morgan fingerprint density at radius 1 is 0.824 bits per heavy atom. The lowest BCUT2D eigenvalue weighted by atomic mass is 9.79. The van der Waals surface area contributed by atoms with Crippen LogP contribution in [0.2, 0.25) is 0 Å². The molecule has 174 valence electrons. The van der Waals surface area contributed by atoms with Gasteiger partial charge in [-0.2, -0.15) is 13.2 Å². The van der Waals surface area contributed by atoms with E-state index in [1.54, 1.807) is 6.08 Å². The fourth-order valence-electron chi connectivity index (χ4n) is 4.98. The van der Waals surface area contributed by atoms with Gasteiger partial charge in [-0.15, -0.1) is 0 Å². The monoisotopic (exact) mass is 480 g/mol. The summed E-state index contributed by atoms with van der Waals surface area (Å²) >= 11 is 0. The van der Waals surface area contributed by atoms with Crippen molar-refractivity contribution in [1.29, 1.82) is 0 Å². The van der Waals surface area contributed by atoms with Crippen LogP contribution in [0.5, 0.6) is 0 Å². The summed E-state index contributed by atoms with van der Waals surface area (Å²) in [5.74, 6) is -0.269. The second-order valence-corrected chi connectivity index (χ2v) is 10.7. The van der Waals surface area contributed by atoms with E-state index in [1.807, 2.05) is 24.3 Å². The summed E-state index contributed by atoms with van der Waals surface area (Å²) in [6.45, 7) is 0. The molecule has 3 aromatic carbocycles. The second-order valence-electron chi connectivity index (χ2n) is 8.69. The molecule has 0 atom stereocenters. The SMILES string of the molecule is O=S(=O)(CC=Cc1cccc(C(F)(F)F)c1)C1=CCCc2c1ccc1c2CCc2ccccc2-1. The van der Waals surface area contributed by atoms with Crippen LogP contribution in [0.4, 0.5) is 13.2 Å². The molecule has 3 aromatic rings. The predicted molar refractivity (Wildman–Crippen MR) is 130 cm³/mol. The number of fused-ring (bicyclic) bond motifs is 5. The van der Waals surface area contributed by atoms with Crippen LogP contribution in [0.3, 0.4) is 0 Å². The molecule has 6 heteroatoms. The molecule has 0 heterocycles. The van der Waals surface area contributed by atoms with E-state index in [0.29, 0.717) is 16.9 Å². The topological polar surface area (TPSA) is 34.1 Å². The number of hydrogen-bond donors (Lipinski definition) is 0. The molecular formula is C28H23F3O2S. The van der Waals surface area contributed by atoms with Gasteiger partial charge in [0.15, 0.2) is 9.84 Å². The first kappa shape index (κ1) is 22.7. The van der Waals surface area contributed by atoms with Crippen LogP contribution in [-0.4, -0.2) is 14.2 Å². The Labute approximate surface area is 197 Å². The lowest BCUT2D eigenvalue weighted by molar-refractivity contribution is -0.137. The highest BCUT2D eigenvalue weighted by atomic mass is 32.2. The first-order chi connectivity index (χ1) is 16.2. The highest BCUT2D eigenvalue weighted by Gasteiger charge is 2.30. The minimum Gasteiger partial charge on any atom is -0.223 e. The van der Waals surface area contributed by atoms with Crippen LogP contribution in [0.15, 0.2) is 72.8 Å². The quantitative estimate of drug-likeness (QED) is 0.408. The van der Waals surface area contributed by atoms with Gasteiger partial charge in [-0.25, -0.2) is 8.42 Å². The number of allylic oxidation sites excluding steroid dienone is 1. The molecule has 0 aromatic heterocycles. The van der Waals surface area contributed by atoms with Crippen molar-refractivity contribution >= 4 is 20.8 Å². The number of alkyl halides is 3. The third-order valence-electron chi connectivity index (χ3n) is 6.55. The summed E-state index contributed by atoms with van der Waals surface area (Å²) < 4.78 is 65.3. The molecule has 0 amide bonds. The van der Waals surface area contributed by atoms with E-state index < -0.39 is 21.6 Å². The maximum Gasteiger partial charge on any atom is 0.416 e. The molecule has 0 saturated carbocycles. The number of sulfone groups is 1. The van der Waals surface area contributed by atoms with Gasteiger partial charge in [0.25, 0.3) is 0 Å². The van der Waals surface area contributed by atoms with Crippen LogP contribution in [-0.2, 0) is 35.3 Å². The van der Waals surface area contributed by atoms with Gasteiger partial charge in [0, 0.05) is 0 Å². The lowest BCUT2D eigenvalue weighted by Crippen LogP contribution is -2.15. The van der Waals surface area contributed by atoms with Gasteiger partial charge < -0.3 is 0 Å².